The van der Waals surface area contributed by atoms with E-state index in [1.54, 1.807) is 11.9 Å². The lowest BCUT2D eigenvalue weighted by molar-refractivity contribution is -0.134. The topological polar surface area (TPSA) is 83.7 Å². The van der Waals surface area contributed by atoms with Crippen molar-refractivity contribution < 1.29 is 13.2 Å². The number of nitrogens with two attached hydrogens (primary N) is 1. The standard InChI is InChI=1S/C14H29N3O3S.ClH/c1-5-9-21(19,20)17-8-6-7-12(17)13(18)16(4)11-14(2,3)10-15;/h12H,5-11,15H2,1-4H3;1H. The van der Waals surface area contributed by atoms with E-state index in [0.29, 0.717) is 32.5 Å². The highest BCUT2D eigenvalue weighted by molar-refractivity contribution is 7.89. The molecule has 1 rings (SSSR count). The first-order chi connectivity index (χ1) is 9.64. The molecular formula is C14H30ClN3O3S. The van der Waals surface area contributed by atoms with Crippen molar-refractivity contribution >= 4 is 28.3 Å². The summed E-state index contributed by atoms with van der Waals surface area (Å²) in [4.78, 5) is 14.2. The number of sulfonamides is 1. The van der Waals surface area contributed by atoms with E-state index >= 15 is 0 Å². The molecule has 1 heterocycles. The molecule has 8 heteroatoms. The van der Waals surface area contributed by atoms with E-state index in [9.17, 15) is 13.2 Å². The number of nitrogens with zero attached hydrogens (tertiary/aromatic N) is 2. The first kappa shape index (κ1) is 21.6. The van der Waals surface area contributed by atoms with Crippen LogP contribution in [0, 0.1) is 5.41 Å². The lowest BCUT2D eigenvalue weighted by Gasteiger charge is -2.32. The van der Waals surface area contributed by atoms with Gasteiger partial charge in [0.1, 0.15) is 6.04 Å². The van der Waals surface area contributed by atoms with Crippen LogP contribution >= 0.6 is 12.4 Å². The number of halogens is 1. The van der Waals surface area contributed by atoms with E-state index < -0.39 is 16.1 Å². The van der Waals surface area contributed by atoms with Crippen LogP contribution in [0.15, 0.2) is 0 Å². The van der Waals surface area contributed by atoms with E-state index in [-0.39, 0.29) is 29.5 Å². The Kier molecular flexibility index (Phi) is 8.33. The molecule has 0 bridgehead atoms. The molecule has 6 nitrogen and oxygen atoms in total. The Bertz CT molecular complexity index is 468. The van der Waals surface area contributed by atoms with Crippen LogP contribution in [0.3, 0.4) is 0 Å². The van der Waals surface area contributed by atoms with Gasteiger partial charge in [0.05, 0.1) is 5.75 Å². The minimum absolute atomic E-state index is 0. The second kappa shape index (κ2) is 8.47. The van der Waals surface area contributed by atoms with Crippen molar-refractivity contribution in [3.63, 3.8) is 0 Å². The Labute approximate surface area is 140 Å². The van der Waals surface area contributed by atoms with Gasteiger partial charge in [0, 0.05) is 20.1 Å². The molecule has 22 heavy (non-hydrogen) atoms. The van der Waals surface area contributed by atoms with Crippen molar-refractivity contribution in [1.82, 2.24) is 9.21 Å². The number of rotatable bonds is 7. The summed E-state index contributed by atoms with van der Waals surface area (Å²) in [6.45, 7) is 7.29. The molecule has 0 aromatic rings. The fourth-order valence-electron chi connectivity index (χ4n) is 2.73. The molecule has 0 spiro atoms. The Morgan fingerprint density at radius 2 is 2.00 bits per heavy atom. The second-order valence-electron chi connectivity index (χ2n) is 6.65. The van der Waals surface area contributed by atoms with Gasteiger partial charge in [-0.05, 0) is 31.2 Å². The maximum absolute atomic E-state index is 12.6. The summed E-state index contributed by atoms with van der Waals surface area (Å²) in [5.74, 6) is -0.0110. The number of carbonyl (C=O) groups is 1. The number of amides is 1. The summed E-state index contributed by atoms with van der Waals surface area (Å²) in [6, 6.07) is -0.542. The Balaban J connectivity index is 0.00000441. The zero-order valence-corrected chi connectivity index (χ0v) is 15.7. The van der Waals surface area contributed by atoms with E-state index in [2.05, 4.69) is 0 Å². The van der Waals surface area contributed by atoms with E-state index in [1.807, 2.05) is 20.8 Å². The van der Waals surface area contributed by atoms with Crippen molar-refractivity contribution in [2.75, 3.05) is 32.4 Å². The molecule has 0 aliphatic carbocycles. The van der Waals surface area contributed by atoms with Gasteiger partial charge in [0.15, 0.2) is 0 Å². The molecule has 1 amide bonds. The van der Waals surface area contributed by atoms with Gasteiger partial charge >= 0.3 is 0 Å². The first-order valence-electron chi connectivity index (χ1n) is 7.59. The minimum Gasteiger partial charge on any atom is -0.344 e. The maximum atomic E-state index is 12.6. The summed E-state index contributed by atoms with van der Waals surface area (Å²) in [5.41, 5.74) is 5.53. The van der Waals surface area contributed by atoms with Crippen molar-refractivity contribution in [3.05, 3.63) is 0 Å². The van der Waals surface area contributed by atoms with Gasteiger partial charge in [-0.1, -0.05) is 20.8 Å². The summed E-state index contributed by atoms with van der Waals surface area (Å²) < 4.78 is 25.9. The lowest BCUT2D eigenvalue weighted by Crippen LogP contribution is -2.49. The van der Waals surface area contributed by atoms with Gasteiger partial charge in [-0.2, -0.15) is 4.31 Å². The average Bonchev–Trinajstić information content (AvgIpc) is 2.87. The summed E-state index contributed by atoms with van der Waals surface area (Å²) >= 11 is 0. The van der Waals surface area contributed by atoms with Crippen LogP contribution in [-0.4, -0.2) is 62.0 Å². The summed E-state index contributed by atoms with van der Waals surface area (Å²) in [5, 5.41) is 0. The van der Waals surface area contributed by atoms with Gasteiger partial charge in [-0.25, -0.2) is 8.42 Å². The number of hydrogen-bond donors (Lipinski definition) is 1. The third-order valence-electron chi connectivity index (χ3n) is 3.90. The SMILES string of the molecule is CCCS(=O)(=O)N1CCCC1C(=O)N(C)CC(C)(C)CN.Cl. The highest BCUT2D eigenvalue weighted by Crippen LogP contribution is 2.24. The first-order valence-corrected chi connectivity index (χ1v) is 9.20. The summed E-state index contributed by atoms with van der Waals surface area (Å²) in [6.07, 6.45) is 1.92. The smallest absolute Gasteiger partial charge is 0.240 e. The number of carbonyl (C=O) groups excluding carboxylic acids is 1. The Morgan fingerprint density at radius 1 is 1.41 bits per heavy atom. The van der Waals surface area contributed by atoms with Crippen LogP contribution in [0.2, 0.25) is 0 Å². The van der Waals surface area contributed by atoms with Crippen LogP contribution in [0.25, 0.3) is 0 Å². The largest absolute Gasteiger partial charge is 0.344 e. The van der Waals surface area contributed by atoms with Gasteiger partial charge in [-0.15, -0.1) is 12.4 Å². The predicted molar refractivity (Wildman–Crippen MR) is 91.5 cm³/mol. The second-order valence-corrected chi connectivity index (χ2v) is 8.69. The van der Waals surface area contributed by atoms with Gasteiger partial charge in [0.25, 0.3) is 0 Å². The minimum atomic E-state index is -3.33. The quantitative estimate of drug-likeness (QED) is 0.740. The molecule has 0 radical (unpaired) electrons. The molecule has 0 saturated carbocycles. The zero-order valence-electron chi connectivity index (χ0n) is 14.0. The molecule has 1 aliphatic rings. The molecule has 132 valence electrons. The zero-order chi connectivity index (χ0) is 16.3. The monoisotopic (exact) mass is 355 g/mol. The molecule has 1 fully saturated rings. The highest BCUT2D eigenvalue weighted by Gasteiger charge is 2.39. The Hall–Kier alpha value is -0.370. The molecular weight excluding hydrogens is 326 g/mol. The molecule has 1 atom stereocenters. The average molecular weight is 356 g/mol. The number of likely N-dealkylation sites (N-methyl/N-ethyl adjacent to an activating group) is 1. The van der Waals surface area contributed by atoms with Crippen molar-refractivity contribution in [1.29, 1.82) is 0 Å². The predicted octanol–water partition coefficient (Wildman–Crippen LogP) is 1.06. The van der Waals surface area contributed by atoms with Crippen molar-refractivity contribution in [2.24, 2.45) is 11.1 Å². The van der Waals surface area contributed by atoms with Gasteiger partial charge in [0.2, 0.25) is 15.9 Å². The van der Waals surface area contributed by atoms with Crippen LogP contribution < -0.4 is 5.73 Å². The van der Waals surface area contributed by atoms with E-state index in [4.69, 9.17) is 5.73 Å². The van der Waals surface area contributed by atoms with Crippen molar-refractivity contribution in [2.45, 2.75) is 46.1 Å². The normalized spacial score (nSPS) is 19.8. The lowest BCUT2D eigenvalue weighted by atomic mass is 9.93. The molecule has 0 aromatic heterocycles. The van der Waals surface area contributed by atoms with E-state index in [0.717, 1.165) is 6.42 Å². The molecule has 0 aromatic carbocycles. The fourth-order valence-corrected chi connectivity index (χ4v) is 4.48. The molecule has 1 saturated heterocycles. The highest BCUT2D eigenvalue weighted by atomic mass is 35.5. The van der Waals surface area contributed by atoms with Crippen LogP contribution in [0.5, 0.6) is 0 Å². The van der Waals surface area contributed by atoms with Crippen LogP contribution in [0.4, 0.5) is 0 Å². The van der Waals surface area contributed by atoms with Crippen LogP contribution in [0.1, 0.15) is 40.0 Å². The maximum Gasteiger partial charge on any atom is 0.240 e. The fraction of sp³-hybridized carbons (Fsp3) is 0.929. The summed E-state index contributed by atoms with van der Waals surface area (Å²) in [7, 11) is -1.60. The van der Waals surface area contributed by atoms with E-state index in [1.165, 1.54) is 4.31 Å². The van der Waals surface area contributed by atoms with Crippen LogP contribution in [-0.2, 0) is 14.8 Å². The Morgan fingerprint density at radius 3 is 2.50 bits per heavy atom. The third kappa shape index (κ3) is 5.37. The molecule has 1 unspecified atom stereocenters. The third-order valence-corrected chi connectivity index (χ3v) is 5.98. The molecule has 1 aliphatic heterocycles. The van der Waals surface area contributed by atoms with Gasteiger partial charge < -0.3 is 10.6 Å². The molecule has 2 N–H and O–H groups in total. The van der Waals surface area contributed by atoms with Gasteiger partial charge in [-0.3, -0.25) is 4.79 Å². The number of hydrogen-bond acceptors (Lipinski definition) is 4. The van der Waals surface area contributed by atoms with Crippen molar-refractivity contribution in [3.8, 4) is 0 Å².